The highest BCUT2D eigenvalue weighted by molar-refractivity contribution is 7.89. The molecule has 0 bridgehead atoms. The van der Waals surface area contributed by atoms with Crippen molar-refractivity contribution in [3.05, 3.63) is 23.5 Å². The lowest BCUT2D eigenvalue weighted by Crippen LogP contribution is -2.36. The first-order valence-electron chi connectivity index (χ1n) is 5.91. The molecule has 1 aromatic heterocycles. The van der Waals surface area contributed by atoms with Gasteiger partial charge in [-0.1, -0.05) is 6.92 Å². The molecule has 1 N–H and O–H groups in total. The van der Waals surface area contributed by atoms with E-state index in [9.17, 15) is 13.2 Å². The molecule has 20 heavy (non-hydrogen) atoms. The summed E-state index contributed by atoms with van der Waals surface area (Å²) in [5, 5.41) is 17.7. The first kappa shape index (κ1) is 16.1. The van der Waals surface area contributed by atoms with Crippen LogP contribution in [0.3, 0.4) is 0 Å². The van der Waals surface area contributed by atoms with Crippen LogP contribution in [0.15, 0.2) is 17.2 Å². The molecule has 0 saturated carbocycles. The number of carboxylic acid groups (broad SMARTS) is 1. The number of rotatable bonds is 6. The highest BCUT2D eigenvalue weighted by Crippen LogP contribution is 2.17. The predicted molar refractivity (Wildman–Crippen MR) is 70.4 cm³/mol. The number of aliphatic carboxylic acids is 1. The number of nitriles is 1. The van der Waals surface area contributed by atoms with Gasteiger partial charge in [0, 0.05) is 12.7 Å². The number of hydrogen-bond donors (Lipinski definition) is 1. The number of sulfonamides is 1. The number of hydrogen-bond acceptors (Lipinski definition) is 5. The second-order valence-electron chi connectivity index (χ2n) is 4.15. The van der Waals surface area contributed by atoms with Gasteiger partial charge in [-0.2, -0.15) is 9.57 Å². The molecule has 0 atom stereocenters. The van der Waals surface area contributed by atoms with Crippen molar-refractivity contribution in [2.45, 2.75) is 25.2 Å². The van der Waals surface area contributed by atoms with Gasteiger partial charge in [-0.05, 0) is 19.4 Å². The van der Waals surface area contributed by atoms with Crippen LogP contribution in [0.2, 0.25) is 0 Å². The Balaban J connectivity index is 3.26. The van der Waals surface area contributed by atoms with Crippen LogP contribution in [-0.2, 0) is 14.8 Å². The van der Waals surface area contributed by atoms with E-state index in [1.807, 2.05) is 6.07 Å². The van der Waals surface area contributed by atoms with E-state index in [1.165, 1.54) is 6.07 Å². The van der Waals surface area contributed by atoms with Gasteiger partial charge in [-0.3, -0.25) is 9.78 Å². The Bertz CT molecular complexity index is 649. The Morgan fingerprint density at radius 2 is 2.20 bits per heavy atom. The van der Waals surface area contributed by atoms with Crippen molar-refractivity contribution in [3.63, 3.8) is 0 Å². The molecule has 0 aliphatic rings. The molecule has 0 saturated heterocycles. The molecule has 7 nitrogen and oxygen atoms in total. The van der Waals surface area contributed by atoms with E-state index in [0.29, 0.717) is 12.1 Å². The van der Waals surface area contributed by atoms with Crippen molar-refractivity contribution in [1.82, 2.24) is 9.29 Å². The molecule has 0 amide bonds. The van der Waals surface area contributed by atoms with Crippen LogP contribution >= 0.6 is 0 Å². The average Bonchev–Trinajstić information content (AvgIpc) is 2.38. The Morgan fingerprint density at radius 3 is 2.70 bits per heavy atom. The maximum absolute atomic E-state index is 12.4. The Kier molecular flexibility index (Phi) is 5.19. The minimum absolute atomic E-state index is 0.0877. The third-order valence-corrected chi connectivity index (χ3v) is 4.42. The number of carboxylic acids is 1. The fourth-order valence-electron chi connectivity index (χ4n) is 1.60. The lowest BCUT2D eigenvalue weighted by molar-refractivity contribution is -0.137. The lowest BCUT2D eigenvalue weighted by Gasteiger charge is -2.19. The molecular weight excluding hydrogens is 282 g/mol. The zero-order valence-electron chi connectivity index (χ0n) is 11.2. The predicted octanol–water partition coefficient (Wildman–Crippen LogP) is 0.747. The smallest absolute Gasteiger partial charge is 0.318 e. The fourth-order valence-corrected chi connectivity index (χ4v) is 3.06. The Morgan fingerprint density at radius 1 is 1.55 bits per heavy atom. The largest absolute Gasteiger partial charge is 0.480 e. The molecule has 0 unspecified atom stereocenters. The van der Waals surface area contributed by atoms with Gasteiger partial charge in [-0.15, -0.1) is 0 Å². The van der Waals surface area contributed by atoms with Crippen LogP contribution in [0.5, 0.6) is 0 Å². The summed E-state index contributed by atoms with van der Waals surface area (Å²) in [4.78, 5) is 14.5. The third kappa shape index (κ3) is 3.53. The minimum Gasteiger partial charge on any atom is -0.480 e. The number of nitrogens with zero attached hydrogens (tertiary/aromatic N) is 3. The van der Waals surface area contributed by atoms with Crippen molar-refractivity contribution < 1.29 is 18.3 Å². The molecule has 8 heteroatoms. The van der Waals surface area contributed by atoms with Crippen molar-refractivity contribution in [2.24, 2.45) is 0 Å². The van der Waals surface area contributed by atoms with Crippen LogP contribution in [0.1, 0.15) is 24.6 Å². The summed E-state index contributed by atoms with van der Waals surface area (Å²) in [6, 6.07) is 3.07. The van der Waals surface area contributed by atoms with E-state index in [1.54, 1.807) is 13.8 Å². The maximum Gasteiger partial charge on any atom is 0.318 e. The SMILES string of the molecule is CCCN(CC(=O)O)S(=O)(=O)c1cnc(C)c(C#N)c1. The van der Waals surface area contributed by atoms with Crippen LogP contribution in [-0.4, -0.2) is 41.9 Å². The molecule has 108 valence electrons. The van der Waals surface area contributed by atoms with E-state index in [-0.39, 0.29) is 17.0 Å². The molecule has 1 rings (SSSR count). The monoisotopic (exact) mass is 297 g/mol. The molecule has 0 aromatic carbocycles. The average molecular weight is 297 g/mol. The van der Waals surface area contributed by atoms with Gasteiger partial charge in [0.05, 0.1) is 11.3 Å². The molecule has 1 aromatic rings. The Hall–Kier alpha value is -1.98. The van der Waals surface area contributed by atoms with Crippen molar-refractivity contribution in [2.75, 3.05) is 13.1 Å². The lowest BCUT2D eigenvalue weighted by atomic mass is 10.2. The number of aryl methyl sites for hydroxylation is 1. The summed E-state index contributed by atoms with van der Waals surface area (Å²) in [6.07, 6.45) is 1.62. The van der Waals surface area contributed by atoms with Crippen molar-refractivity contribution in [3.8, 4) is 6.07 Å². The van der Waals surface area contributed by atoms with E-state index >= 15 is 0 Å². The van der Waals surface area contributed by atoms with Gasteiger partial charge in [-0.25, -0.2) is 8.42 Å². The van der Waals surface area contributed by atoms with Crippen LogP contribution in [0.4, 0.5) is 0 Å². The second-order valence-corrected chi connectivity index (χ2v) is 6.09. The standard InChI is InChI=1S/C12H15N3O4S/c1-3-4-15(8-12(16)17)20(18,19)11-5-10(6-13)9(2)14-7-11/h5,7H,3-4,8H2,1-2H3,(H,16,17). The zero-order valence-corrected chi connectivity index (χ0v) is 12.0. The minimum atomic E-state index is -3.97. The molecule has 0 aliphatic heterocycles. The van der Waals surface area contributed by atoms with E-state index in [4.69, 9.17) is 10.4 Å². The highest BCUT2D eigenvalue weighted by atomic mass is 32.2. The topological polar surface area (TPSA) is 111 Å². The summed E-state index contributed by atoms with van der Waals surface area (Å²) in [6.45, 7) is 2.81. The Labute approximate surface area is 117 Å². The van der Waals surface area contributed by atoms with Crippen LogP contribution < -0.4 is 0 Å². The van der Waals surface area contributed by atoms with Crippen molar-refractivity contribution >= 4 is 16.0 Å². The molecule has 1 heterocycles. The van der Waals surface area contributed by atoms with Gasteiger partial charge in [0.15, 0.2) is 0 Å². The first-order valence-corrected chi connectivity index (χ1v) is 7.35. The third-order valence-electron chi connectivity index (χ3n) is 2.60. The summed E-state index contributed by atoms with van der Waals surface area (Å²) in [5.41, 5.74) is 0.574. The maximum atomic E-state index is 12.4. The number of aromatic nitrogens is 1. The quantitative estimate of drug-likeness (QED) is 0.829. The highest BCUT2D eigenvalue weighted by Gasteiger charge is 2.26. The second kappa shape index (κ2) is 6.45. The van der Waals surface area contributed by atoms with Gasteiger partial charge in [0.1, 0.15) is 17.5 Å². The van der Waals surface area contributed by atoms with Gasteiger partial charge in [0.2, 0.25) is 10.0 Å². The fraction of sp³-hybridized carbons (Fsp3) is 0.417. The number of pyridine rings is 1. The van der Waals surface area contributed by atoms with Crippen LogP contribution in [0.25, 0.3) is 0 Å². The van der Waals surface area contributed by atoms with Crippen LogP contribution in [0, 0.1) is 18.3 Å². The van der Waals surface area contributed by atoms with E-state index in [2.05, 4.69) is 4.98 Å². The molecule has 0 aliphatic carbocycles. The molecular formula is C12H15N3O4S. The normalized spacial score (nSPS) is 11.3. The summed E-state index contributed by atoms with van der Waals surface area (Å²) in [5.74, 6) is -1.23. The first-order chi connectivity index (χ1) is 9.32. The summed E-state index contributed by atoms with van der Waals surface area (Å²) < 4.78 is 25.6. The zero-order chi connectivity index (χ0) is 15.3. The van der Waals surface area contributed by atoms with Gasteiger partial charge >= 0.3 is 5.97 Å². The van der Waals surface area contributed by atoms with E-state index in [0.717, 1.165) is 10.5 Å². The molecule has 0 radical (unpaired) electrons. The summed E-state index contributed by atoms with van der Waals surface area (Å²) in [7, 11) is -3.97. The van der Waals surface area contributed by atoms with Gasteiger partial charge in [0.25, 0.3) is 0 Å². The summed E-state index contributed by atoms with van der Waals surface area (Å²) >= 11 is 0. The molecule has 0 fully saturated rings. The van der Waals surface area contributed by atoms with Gasteiger partial charge < -0.3 is 5.11 Å². The molecule has 0 spiro atoms. The number of carbonyl (C=O) groups is 1. The van der Waals surface area contributed by atoms with Crippen molar-refractivity contribution in [1.29, 1.82) is 5.26 Å². The van der Waals surface area contributed by atoms with E-state index < -0.39 is 22.5 Å².